The highest BCUT2D eigenvalue weighted by molar-refractivity contribution is 14.0. The van der Waals surface area contributed by atoms with E-state index in [4.69, 9.17) is 0 Å². The Bertz CT molecular complexity index is 883. The van der Waals surface area contributed by atoms with Crippen molar-refractivity contribution in [1.82, 2.24) is 10.6 Å². The lowest BCUT2D eigenvalue weighted by Gasteiger charge is -2.19. The van der Waals surface area contributed by atoms with E-state index in [9.17, 15) is 8.42 Å². The molecule has 2 aromatic rings. The van der Waals surface area contributed by atoms with E-state index in [1.54, 1.807) is 30.5 Å². The smallest absolute Gasteiger partial charge is 0.191 e. The van der Waals surface area contributed by atoms with E-state index < -0.39 is 9.84 Å². The molecule has 2 rings (SSSR count). The van der Waals surface area contributed by atoms with Crippen LogP contribution in [0, 0.1) is 6.92 Å². The Morgan fingerprint density at radius 1 is 1.11 bits per heavy atom. The molecule has 156 valence electrons. The minimum absolute atomic E-state index is 0. The van der Waals surface area contributed by atoms with Crippen LogP contribution in [-0.2, 0) is 21.8 Å². The van der Waals surface area contributed by atoms with Crippen molar-refractivity contribution in [2.24, 2.45) is 4.99 Å². The van der Waals surface area contributed by atoms with Gasteiger partial charge in [0.25, 0.3) is 0 Å². The predicted molar refractivity (Wildman–Crippen MR) is 130 cm³/mol. The molecule has 1 aromatic heterocycles. The van der Waals surface area contributed by atoms with Gasteiger partial charge in [-0.3, -0.25) is 4.99 Å². The van der Waals surface area contributed by atoms with Crippen molar-refractivity contribution in [2.75, 3.05) is 19.3 Å². The van der Waals surface area contributed by atoms with Crippen molar-refractivity contribution in [1.29, 1.82) is 0 Å². The van der Waals surface area contributed by atoms with Gasteiger partial charge in [-0.2, -0.15) is 0 Å². The second kappa shape index (κ2) is 10.6. The van der Waals surface area contributed by atoms with Gasteiger partial charge in [0.1, 0.15) is 0 Å². The number of nitrogens with one attached hydrogen (secondary N) is 2. The van der Waals surface area contributed by atoms with Crippen LogP contribution < -0.4 is 10.6 Å². The number of thiophene rings is 1. The normalized spacial score (nSPS) is 12.4. The summed E-state index contributed by atoms with van der Waals surface area (Å²) in [5, 5.41) is 8.35. The van der Waals surface area contributed by atoms with Gasteiger partial charge in [0, 0.05) is 18.5 Å². The summed E-state index contributed by atoms with van der Waals surface area (Å²) < 4.78 is 25.1. The van der Waals surface area contributed by atoms with E-state index in [2.05, 4.69) is 54.8 Å². The van der Waals surface area contributed by atoms with Gasteiger partial charge in [-0.05, 0) is 47.0 Å². The molecule has 2 N–H and O–H groups in total. The molecule has 0 aliphatic heterocycles. The number of benzene rings is 1. The van der Waals surface area contributed by atoms with Gasteiger partial charge in [0.2, 0.25) is 0 Å². The quantitative estimate of drug-likeness (QED) is 0.332. The molecule has 0 spiro atoms. The first-order chi connectivity index (χ1) is 12.6. The van der Waals surface area contributed by atoms with Crippen LogP contribution in [0.25, 0.3) is 0 Å². The standard InChI is InChI=1S/C20H29N3O2S2.HI/c1-15-10-12-26-18(15)14-23-19(21-5)22-11-13-27(24,25)17-8-6-16(7-9-17)20(2,3)4;/h6-10,12H,11,13-14H2,1-5H3,(H2,21,22,23);1H. The molecule has 1 aromatic carbocycles. The van der Waals surface area contributed by atoms with Crippen LogP contribution in [0.15, 0.2) is 45.6 Å². The van der Waals surface area contributed by atoms with Crippen LogP contribution in [0.4, 0.5) is 0 Å². The molecule has 0 fully saturated rings. The summed E-state index contributed by atoms with van der Waals surface area (Å²) in [6.07, 6.45) is 0. The van der Waals surface area contributed by atoms with Gasteiger partial charge in [0.15, 0.2) is 15.8 Å². The first-order valence-electron chi connectivity index (χ1n) is 8.94. The van der Waals surface area contributed by atoms with Crippen molar-refractivity contribution in [3.63, 3.8) is 0 Å². The molecule has 0 radical (unpaired) electrons. The summed E-state index contributed by atoms with van der Waals surface area (Å²) in [6, 6.07) is 9.26. The van der Waals surface area contributed by atoms with Crippen LogP contribution in [0.1, 0.15) is 36.8 Å². The lowest BCUT2D eigenvalue weighted by Crippen LogP contribution is -2.39. The number of hydrogen-bond acceptors (Lipinski definition) is 4. The van der Waals surface area contributed by atoms with Crippen molar-refractivity contribution in [3.8, 4) is 0 Å². The summed E-state index contributed by atoms with van der Waals surface area (Å²) in [5.74, 6) is 0.613. The zero-order chi connectivity index (χ0) is 20.1. The van der Waals surface area contributed by atoms with Crippen LogP contribution in [0.5, 0.6) is 0 Å². The molecule has 0 unspecified atom stereocenters. The third-order valence-electron chi connectivity index (χ3n) is 4.35. The van der Waals surface area contributed by atoms with E-state index in [0.29, 0.717) is 23.9 Å². The Morgan fingerprint density at radius 2 is 1.75 bits per heavy atom. The van der Waals surface area contributed by atoms with Crippen molar-refractivity contribution in [3.05, 3.63) is 51.7 Å². The van der Waals surface area contributed by atoms with Crippen LogP contribution in [0.3, 0.4) is 0 Å². The maximum absolute atomic E-state index is 12.6. The third-order valence-corrected chi connectivity index (χ3v) is 7.11. The largest absolute Gasteiger partial charge is 0.355 e. The lowest BCUT2D eigenvalue weighted by atomic mass is 9.87. The summed E-state index contributed by atoms with van der Waals surface area (Å²) in [6.45, 7) is 9.36. The van der Waals surface area contributed by atoms with Crippen molar-refractivity contribution >= 4 is 51.1 Å². The van der Waals surface area contributed by atoms with Crippen molar-refractivity contribution in [2.45, 2.75) is 44.6 Å². The fourth-order valence-electron chi connectivity index (χ4n) is 2.55. The fourth-order valence-corrected chi connectivity index (χ4v) is 4.56. The third kappa shape index (κ3) is 7.04. The molecule has 8 heteroatoms. The number of aliphatic imine (C=N–C) groups is 1. The average molecular weight is 536 g/mol. The van der Waals surface area contributed by atoms with E-state index in [1.165, 1.54) is 10.4 Å². The first-order valence-corrected chi connectivity index (χ1v) is 11.5. The Hall–Kier alpha value is -1.13. The second-order valence-corrected chi connectivity index (χ2v) is 10.6. The van der Waals surface area contributed by atoms with Gasteiger partial charge < -0.3 is 10.6 Å². The van der Waals surface area contributed by atoms with Crippen molar-refractivity contribution < 1.29 is 8.42 Å². The zero-order valence-electron chi connectivity index (χ0n) is 17.1. The SMILES string of the molecule is CN=C(NCCS(=O)(=O)c1ccc(C(C)(C)C)cc1)NCc1sccc1C.I. The lowest BCUT2D eigenvalue weighted by molar-refractivity contribution is 0.586. The second-order valence-electron chi connectivity index (χ2n) is 7.47. The molecule has 1 heterocycles. The number of guanidine groups is 1. The molecular formula is C20H30IN3O2S2. The van der Waals surface area contributed by atoms with Gasteiger partial charge in [0.05, 0.1) is 17.2 Å². The Labute approximate surface area is 190 Å². The molecule has 28 heavy (non-hydrogen) atoms. The average Bonchev–Trinajstić information content (AvgIpc) is 3.02. The molecule has 0 aliphatic rings. The van der Waals surface area contributed by atoms with E-state index in [0.717, 1.165) is 5.56 Å². The Morgan fingerprint density at radius 3 is 2.25 bits per heavy atom. The summed E-state index contributed by atoms with van der Waals surface area (Å²) in [7, 11) is -1.66. The molecule has 0 saturated carbocycles. The topological polar surface area (TPSA) is 70.6 Å². The van der Waals surface area contributed by atoms with Crippen LogP contribution in [-0.4, -0.2) is 33.7 Å². The number of rotatable bonds is 6. The highest BCUT2D eigenvalue weighted by Crippen LogP contribution is 2.23. The molecular weight excluding hydrogens is 505 g/mol. The molecule has 0 atom stereocenters. The summed E-state index contributed by atoms with van der Waals surface area (Å²) in [4.78, 5) is 5.75. The predicted octanol–water partition coefficient (Wildman–Crippen LogP) is 4.11. The fraction of sp³-hybridized carbons (Fsp3) is 0.450. The minimum Gasteiger partial charge on any atom is -0.355 e. The maximum atomic E-state index is 12.6. The zero-order valence-corrected chi connectivity index (χ0v) is 21.0. The van der Waals surface area contributed by atoms with Gasteiger partial charge in [-0.25, -0.2) is 8.42 Å². The number of aryl methyl sites for hydroxylation is 1. The molecule has 0 aliphatic carbocycles. The highest BCUT2D eigenvalue weighted by atomic mass is 127. The van der Waals surface area contributed by atoms with Crippen LogP contribution >= 0.6 is 35.3 Å². The molecule has 0 saturated heterocycles. The Balaban J connectivity index is 0.00000392. The van der Waals surface area contributed by atoms with Gasteiger partial charge in [-0.1, -0.05) is 32.9 Å². The summed E-state index contributed by atoms with van der Waals surface area (Å²) >= 11 is 1.69. The van der Waals surface area contributed by atoms with E-state index >= 15 is 0 Å². The highest BCUT2D eigenvalue weighted by Gasteiger charge is 2.17. The monoisotopic (exact) mass is 535 g/mol. The van der Waals surface area contributed by atoms with Gasteiger partial charge >= 0.3 is 0 Å². The van der Waals surface area contributed by atoms with E-state index in [1.807, 2.05) is 12.1 Å². The first kappa shape index (κ1) is 24.9. The van der Waals surface area contributed by atoms with Gasteiger partial charge in [-0.15, -0.1) is 35.3 Å². The minimum atomic E-state index is -3.33. The van der Waals surface area contributed by atoms with E-state index in [-0.39, 0.29) is 35.1 Å². The molecule has 5 nitrogen and oxygen atoms in total. The van der Waals surface area contributed by atoms with Crippen LogP contribution in [0.2, 0.25) is 0 Å². The number of sulfone groups is 1. The number of hydrogen-bond donors (Lipinski definition) is 2. The number of nitrogens with zero attached hydrogens (tertiary/aromatic N) is 1. The summed E-state index contributed by atoms with van der Waals surface area (Å²) in [5.41, 5.74) is 2.36. The maximum Gasteiger partial charge on any atom is 0.191 e. The Kier molecular flexibility index (Phi) is 9.42. The molecule has 0 amide bonds. The molecule has 0 bridgehead atoms. The number of halogens is 1.